The first kappa shape index (κ1) is 10.0. The standard InChI is InChI=1S/C11H13N3S/c12-5-7-3-11(15-6-7)9-4-8(13)1-2-10(9)14/h1-4,6H,5,12-14H2. The number of anilines is 2. The SMILES string of the molecule is NCc1csc(-c2cc(N)ccc2N)c1. The molecular formula is C11H13N3S. The molecule has 0 aliphatic carbocycles. The quantitative estimate of drug-likeness (QED) is 0.676. The van der Waals surface area contributed by atoms with Gasteiger partial charge in [0.05, 0.1) is 0 Å². The van der Waals surface area contributed by atoms with Crippen LogP contribution in [0.1, 0.15) is 5.56 Å². The minimum absolute atomic E-state index is 0.554. The smallest absolute Gasteiger partial charge is 0.0403 e. The molecule has 0 saturated carbocycles. The molecule has 0 saturated heterocycles. The van der Waals surface area contributed by atoms with E-state index in [1.54, 1.807) is 17.4 Å². The second-order valence-corrected chi connectivity index (χ2v) is 4.28. The van der Waals surface area contributed by atoms with E-state index in [1.165, 1.54) is 0 Å². The molecule has 1 heterocycles. The van der Waals surface area contributed by atoms with E-state index in [1.807, 2.05) is 17.5 Å². The zero-order valence-electron chi connectivity index (χ0n) is 8.23. The average molecular weight is 219 g/mol. The van der Waals surface area contributed by atoms with Crippen molar-refractivity contribution in [2.24, 2.45) is 5.73 Å². The van der Waals surface area contributed by atoms with Crippen molar-refractivity contribution < 1.29 is 0 Å². The molecule has 6 N–H and O–H groups in total. The van der Waals surface area contributed by atoms with Crippen molar-refractivity contribution in [1.82, 2.24) is 0 Å². The van der Waals surface area contributed by atoms with Crippen LogP contribution in [-0.4, -0.2) is 0 Å². The molecule has 1 aromatic heterocycles. The van der Waals surface area contributed by atoms with Gasteiger partial charge in [-0.3, -0.25) is 0 Å². The van der Waals surface area contributed by atoms with Crippen molar-refractivity contribution in [2.75, 3.05) is 11.5 Å². The van der Waals surface area contributed by atoms with Crippen LogP contribution >= 0.6 is 11.3 Å². The summed E-state index contributed by atoms with van der Waals surface area (Å²) in [5, 5.41) is 2.04. The van der Waals surface area contributed by atoms with Gasteiger partial charge in [0.1, 0.15) is 0 Å². The van der Waals surface area contributed by atoms with Crippen LogP contribution in [0.4, 0.5) is 11.4 Å². The lowest BCUT2D eigenvalue weighted by Crippen LogP contribution is -1.93. The number of thiophene rings is 1. The van der Waals surface area contributed by atoms with Crippen LogP contribution in [0.25, 0.3) is 10.4 Å². The number of rotatable bonds is 2. The summed E-state index contributed by atoms with van der Waals surface area (Å²) < 4.78 is 0. The third-order valence-corrected chi connectivity index (χ3v) is 3.24. The summed E-state index contributed by atoms with van der Waals surface area (Å²) in [6.45, 7) is 0.554. The normalized spacial score (nSPS) is 10.5. The predicted octanol–water partition coefficient (Wildman–Crippen LogP) is 2.04. The molecular weight excluding hydrogens is 206 g/mol. The fraction of sp³-hybridized carbons (Fsp3) is 0.0909. The Morgan fingerprint density at radius 3 is 2.60 bits per heavy atom. The Kier molecular flexibility index (Phi) is 2.62. The van der Waals surface area contributed by atoms with Gasteiger partial charge in [-0.05, 0) is 35.2 Å². The highest BCUT2D eigenvalue weighted by molar-refractivity contribution is 7.13. The molecule has 0 fully saturated rings. The lowest BCUT2D eigenvalue weighted by molar-refractivity contribution is 1.08. The maximum Gasteiger partial charge on any atom is 0.0403 e. The monoisotopic (exact) mass is 219 g/mol. The largest absolute Gasteiger partial charge is 0.399 e. The lowest BCUT2D eigenvalue weighted by atomic mass is 10.1. The summed E-state index contributed by atoms with van der Waals surface area (Å²) in [7, 11) is 0. The van der Waals surface area contributed by atoms with E-state index in [2.05, 4.69) is 6.07 Å². The van der Waals surface area contributed by atoms with Crippen LogP contribution in [0.3, 0.4) is 0 Å². The summed E-state index contributed by atoms with van der Waals surface area (Å²) in [4.78, 5) is 1.11. The Bertz CT molecular complexity index is 476. The van der Waals surface area contributed by atoms with Gasteiger partial charge in [-0.1, -0.05) is 0 Å². The molecule has 0 bridgehead atoms. The van der Waals surface area contributed by atoms with Gasteiger partial charge in [-0.25, -0.2) is 0 Å². The first-order valence-electron chi connectivity index (χ1n) is 4.63. The Labute approximate surface area is 92.5 Å². The van der Waals surface area contributed by atoms with Crippen LogP contribution in [0.15, 0.2) is 29.6 Å². The first-order chi connectivity index (χ1) is 7.20. The van der Waals surface area contributed by atoms with Gasteiger partial charge in [0.15, 0.2) is 0 Å². The zero-order chi connectivity index (χ0) is 10.8. The van der Waals surface area contributed by atoms with Crippen LogP contribution < -0.4 is 17.2 Å². The number of hydrogen-bond donors (Lipinski definition) is 3. The van der Waals surface area contributed by atoms with Gasteiger partial charge in [-0.2, -0.15) is 0 Å². The molecule has 0 radical (unpaired) electrons. The second kappa shape index (κ2) is 3.92. The van der Waals surface area contributed by atoms with E-state index in [-0.39, 0.29) is 0 Å². The van der Waals surface area contributed by atoms with Crippen molar-refractivity contribution in [3.63, 3.8) is 0 Å². The van der Waals surface area contributed by atoms with Crippen molar-refractivity contribution in [3.8, 4) is 10.4 Å². The van der Waals surface area contributed by atoms with Crippen molar-refractivity contribution in [1.29, 1.82) is 0 Å². The van der Waals surface area contributed by atoms with E-state index in [4.69, 9.17) is 17.2 Å². The number of hydrogen-bond acceptors (Lipinski definition) is 4. The van der Waals surface area contributed by atoms with Gasteiger partial charge >= 0.3 is 0 Å². The summed E-state index contributed by atoms with van der Waals surface area (Å²) in [6.07, 6.45) is 0. The minimum Gasteiger partial charge on any atom is -0.399 e. The highest BCUT2D eigenvalue weighted by Gasteiger charge is 2.05. The van der Waals surface area contributed by atoms with Gasteiger partial charge in [-0.15, -0.1) is 11.3 Å². The first-order valence-corrected chi connectivity index (χ1v) is 5.51. The maximum atomic E-state index is 5.89. The van der Waals surface area contributed by atoms with E-state index < -0.39 is 0 Å². The summed E-state index contributed by atoms with van der Waals surface area (Å²) >= 11 is 1.63. The molecule has 2 aromatic rings. The van der Waals surface area contributed by atoms with E-state index >= 15 is 0 Å². The third kappa shape index (κ3) is 1.95. The van der Waals surface area contributed by atoms with Crippen LogP contribution in [0, 0.1) is 0 Å². The highest BCUT2D eigenvalue weighted by Crippen LogP contribution is 2.32. The third-order valence-electron chi connectivity index (χ3n) is 2.23. The van der Waals surface area contributed by atoms with Gasteiger partial charge < -0.3 is 17.2 Å². The van der Waals surface area contributed by atoms with Crippen molar-refractivity contribution in [2.45, 2.75) is 6.54 Å². The molecule has 0 aliphatic heterocycles. The van der Waals surface area contributed by atoms with Crippen molar-refractivity contribution in [3.05, 3.63) is 35.2 Å². The molecule has 3 nitrogen and oxygen atoms in total. The number of nitrogen functional groups attached to an aromatic ring is 2. The molecule has 4 heteroatoms. The molecule has 0 unspecified atom stereocenters. The lowest BCUT2D eigenvalue weighted by Gasteiger charge is -2.03. The summed E-state index contributed by atoms with van der Waals surface area (Å²) in [6, 6.07) is 7.57. The minimum atomic E-state index is 0.554. The van der Waals surface area contributed by atoms with Gasteiger partial charge in [0, 0.05) is 28.4 Å². The predicted molar refractivity (Wildman–Crippen MR) is 66.5 cm³/mol. The van der Waals surface area contributed by atoms with Gasteiger partial charge in [0.2, 0.25) is 0 Å². The maximum absolute atomic E-state index is 5.89. The van der Waals surface area contributed by atoms with Crippen molar-refractivity contribution >= 4 is 22.7 Å². The molecule has 0 amide bonds. The summed E-state index contributed by atoms with van der Waals surface area (Å²) in [5.74, 6) is 0. The molecule has 15 heavy (non-hydrogen) atoms. The zero-order valence-corrected chi connectivity index (χ0v) is 9.05. The molecule has 2 rings (SSSR count). The Morgan fingerprint density at radius 2 is 1.93 bits per heavy atom. The molecule has 1 aromatic carbocycles. The van der Waals surface area contributed by atoms with Gasteiger partial charge in [0.25, 0.3) is 0 Å². The number of benzene rings is 1. The number of nitrogens with two attached hydrogens (primary N) is 3. The molecule has 0 spiro atoms. The average Bonchev–Trinajstić information content (AvgIpc) is 2.70. The van der Waals surface area contributed by atoms with Crippen LogP contribution in [0.2, 0.25) is 0 Å². The van der Waals surface area contributed by atoms with E-state index in [0.29, 0.717) is 6.54 Å². The Morgan fingerprint density at radius 1 is 1.13 bits per heavy atom. The van der Waals surface area contributed by atoms with Crippen LogP contribution in [-0.2, 0) is 6.54 Å². The van der Waals surface area contributed by atoms with E-state index in [9.17, 15) is 0 Å². The van der Waals surface area contributed by atoms with Crippen LogP contribution in [0.5, 0.6) is 0 Å². The fourth-order valence-corrected chi connectivity index (χ4v) is 2.38. The van der Waals surface area contributed by atoms with E-state index in [0.717, 1.165) is 27.4 Å². The Hall–Kier alpha value is -1.52. The molecule has 0 atom stereocenters. The molecule has 0 aliphatic rings. The Balaban J connectivity index is 2.48. The fourth-order valence-electron chi connectivity index (χ4n) is 1.41. The second-order valence-electron chi connectivity index (χ2n) is 3.37. The topological polar surface area (TPSA) is 78.1 Å². The summed E-state index contributed by atoms with van der Waals surface area (Å²) in [5.41, 5.74) is 20.8. The highest BCUT2D eigenvalue weighted by atomic mass is 32.1. The molecule has 78 valence electrons.